The van der Waals surface area contributed by atoms with Crippen LogP contribution in [0.3, 0.4) is 0 Å². The van der Waals surface area contributed by atoms with Gasteiger partial charge in [0.1, 0.15) is 0 Å². The Hall–Kier alpha value is -1.88. The molecule has 0 saturated carbocycles. The van der Waals surface area contributed by atoms with Crippen molar-refractivity contribution in [2.45, 2.75) is 19.8 Å². The maximum atomic E-state index is 11.6. The first-order chi connectivity index (χ1) is 9.24. The van der Waals surface area contributed by atoms with Crippen molar-refractivity contribution < 1.29 is 14.3 Å². The van der Waals surface area contributed by atoms with E-state index in [1.807, 2.05) is 13.0 Å². The largest absolute Gasteiger partial charge is 0.381 e. The first-order valence-electron chi connectivity index (χ1n) is 6.46. The molecular formula is C14H20N2O3. The van der Waals surface area contributed by atoms with Gasteiger partial charge in [0.25, 0.3) is 5.91 Å². The van der Waals surface area contributed by atoms with Crippen LogP contribution in [0.5, 0.6) is 0 Å². The van der Waals surface area contributed by atoms with Crippen molar-refractivity contribution in [3.8, 4) is 0 Å². The average molecular weight is 264 g/mol. The molecule has 0 heterocycles. The molecule has 0 spiro atoms. The van der Waals surface area contributed by atoms with Crippen molar-refractivity contribution in [1.82, 2.24) is 10.6 Å². The first-order valence-corrected chi connectivity index (χ1v) is 6.46. The van der Waals surface area contributed by atoms with Crippen LogP contribution in [-0.4, -0.2) is 31.7 Å². The number of hydrogen-bond acceptors (Lipinski definition) is 3. The highest BCUT2D eigenvalue weighted by atomic mass is 16.5. The smallest absolute Gasteiger partial charge is 0.321 e. The Balaban J connectivity index is 2.16. The molecule has 1 aromatic carbocycles. The van der Waals surface area contributed by atoms with E-state index in [1.165, 1.54) is 0 Å². The minimum absolute atomic E-state index is 0.402. The molecule has 3 amide bonds. The normalized spacial score (nSPS) is 9.95. The fraction of sp³-hybridized carbons (Fsp3) is 0.429. The molecule has 0 unspecified atom stereocenters. The standard InChI is InChI=1S/C14H20N2O3/c1-2-10-19-11-6-9-15-14(18)16-13(17)12-7-4-3-5-8-12/h3-5,7-8H,2,6,9-11H2,1H3,(H2,15,16,17,18). The maximum Gasteiger partial charge on any atom is 0.321 e. The van der Waals surface area contributed by atoms with Crippen molar-refractivity contribution >= 4 is 11.9 Å². The van der Waals surface area contributed by atoms with Crippen LogP contribution in [-0.2, 0) is 4.74 Å². The Morgan fingerprint density at radius 3 is 2.58 bits per heavy atom. The van der Waals surface area contributed by atoms with Crippen molar-refractivity contribution in [3.05, 3.63) is 35.9 Å². The SMILES string of the molecule is CCCOCCCNC(=O)NC(=O)c1ccccc1. The lowest BCUT2D eigenvalue weighted by Crippen LogP contribution is -2.40. The van der Waals surface area contributed by atoms with E-state index in [1.54, 1.807) is 24.3 Å². The van der Waals surface area contributed by atoms with Gasteiger partial charge < -0.3 is 10.1 Å². The van der Waals surface area contributed by atoms with Crippen molar-refractivity contribution in [3.63, 3.8) is 0 Å². The first kappa shape index (κ1) is 15.2. The second-order valence-corrected chi connectivity index (χ2v) is 4.04. The molecule has 1 aromatic rings. The number of carbonyl (C=O) groups excluding carboxylic acids is 2. The highest BCUT2D eigenvalue weighted by Crippen LogP contribution is 1.97. The highest BCUT2D eigenvalue weighted by molar-refractivity contribution is 6.04. The van der Waals surface area contributed by atoms with E-state index >= 15 is 0 Å². The topological polar surface area (TPSA) is 67.4 Å². The van der Waals surface area contributed by atoms with E-state index in [2.05, 4.69) is 10.6 Å². The molecule has 0 aliphatic heterocycles. The van der Waals surface area contributed by atoms with E-state index in [-0.39, 0.29) is 0 Å². The molecule has 0 fully saturated rings. The Morgan fingerprint density at radius 1 is 1.16 bits per heavy atom. The summed E-state index contributed by atoms with van der Waals surface area (Å²) < 4.78 is 5.28. The van der Waals surface area contributed by atoms with Crippen molar-refractivity contribution in [2.24, 2.45) is 0 Å². The number of hydrogen-bond donors (Lipinski definition) is 2. The van der Waals surface area contributed by atoms with Gasteiger partial charge in [0.2, 0.25) is 0 Å². The number of amides is 3. The van der Waals surface area contributed by atoms with Gasteiger partial charge in [-0.3, -0.25) is 10.1 Å². The van der Waals surface area contributed by atoms with Gasteiger partial charge in [0.15, 0.2) is 0 Å². The predicted octanol–water partition coefficient (Wildman–Crippen LogP) is 1.94. The summed E-state index contributed by atoms with van der Waals surface area (Å²) in [5, 5.41) is 4.88. The molecule has 2 N–H and O–H groups in total. The molecule has 1 rings (SSSR count). The quantitative estimate of drug-likeness (QED) is 0.740. The summed E-state index contributed by atoms with van der Waals surface area (Å²) in [6.07, 6.45) is 1.71. The number of ether oxygens (including phenoxy) is 1. The van der Waals surface area contributed by atoms with Gasteiger partial charge in [-0.05, 0) is 25.0 Å². The fourth-order valence-electron chi connectivity index (χ4n) is 1.43. The summed E-state index contributed by atoms with van der Waals surface area (Å²) in [5.74, 6) is -0.402. The van der Waals surface area contributed by atoms with Crippen molar-refractivity contribution in [1.29, 1.82) is 0 Å². The van der Waals surface area contributed by atoms with Crippen LogP contribution >= 0.6 is 0 Å². The van der Waals surface area contributed by atoms with E-state index in [4.69, 9.17) is 4.74 Å². The second kappa shape index (κ2) is 9.10. The van der Waals surface area contributed by atoms with Gasteiger partial charge in [-0.2, -0.15) is 0 Å². The lowest BCUT2D eigenvalue weighted by Gasteiger charge is -2.07. The molecule has 19 heavy (non-hydrogen) atoms. The van der Waals surface area contributed by atoms with Crippen LogP contribution in [0.25, 0.3) is 0 Å². The van der Waals surface area contributed by atoms with Crippen LogP contribution in [0.15, 0.2) is 30.3 Å². The van der Waals surface area contributed by atoms with Gasteiger partial charge in [-0.15, -0.1) is 0 Å². The van der Waals surface area contributed by atoms with Gasteiger partial charge >= 0.3 is 6.03 Å². The third-order valence-corrected chi connectivity index (χ3v) is 2.36. The van der Waals surface area contributed by atoms with Gasteiger partial charge in [-0.25, -0.2) is 4.79 Å². The molecule has 0 saturated heterocycles. The lowest BCUT2D eigenvalue weighted by molar-refractivity contribution is 0.0963. The Bertz CT molecular complexity index is 393. The van der Waals surface area contributed by atoms with E-state index in [0.29, 0.717) is 18.7 Å². The average Bonchev–Trinajstić information content (AvgIpc) is 2.43. The second-order valence-electron chi connectivity index (χ2n) is 4.04. The van der Waals surface area contributed by atoms with Gasteiger partial charge in [0.05, 0.1) is 0 Å². The summed E-state index contributed by atoms with van der Waals surface area (Å²) in [6.45, 7) is 3.87. The summed E-state index contributed by atoms with van der Waals surface area (Å²) in [4.78, 5) is 23.1. The molecule has 0 bridgehead atoms. The highest BCUT2D eigenvalue weighted by Gasteiger charge is 2.08. The number of benzene rings is 1. The van der Waals surface area contributed by atoms with E-state index in [0.717, 1.165) is 19.4 Å². The lowest BCUT2D eigenvalue weighted by atomic mass is 10.2. The van der Waals surface area contributed by atoms with Gasteiger partial charge in [0, 0.05) is 25.3 Å². The molecule has 5 nitrogen and oxygen atoms in total. The summed E-state index contributed by atoms with van der Waals surface area (Å²) >= 11 is 0. The summed E-state index contributed by atoms with van der Waals surface area (Å²) in [5.41, 5.74) is 0.462. The molecule has 0 aliphatic rings. The number of urea groups is 1. The monoisotopic (exact) mass is 264 g/mol. The molecule has 0 atom stereocenters. The minimum Gasteiger partial charge on any atom is -0.381 e. The molecule has 0 aliphatic carbocycles. The Morgan fingerprint density at radius 2 is 1.89 bits per heavy atom. The summed E-state index contributed by atoms with van der Waals surface area (Å²) in [6, 6.07) is 8.13. The third-order valence-electron chi connectivity index (χ3n) is 2.36. The number of rotatable bonds is 7. The molecular weight excluding hydrogens is 244 g/mol. The zero-order valence-corrected chi connectivity index (χ0v) is 11.1. The number of carbonyl (C=O) groups is 2. The Labute approximate surface area is 113 Å². The van der Waals surface area contributed by atoms with Crippen LogP contribution in [0, 0.1) is 0 Å². The predicted molar refractivity (Wildman–Crippen MR) is 73.0 cm³/mol. The van der Waals surface area contributed by atoms with Crippen LogP contribution in [0.4, 0.5) is 4.79 Å². The number of imide groups is 1. The zero-order chi connectivity index (χ0) is 13.9. The van der Waals surface area contributed by atoms with Crippen LogP contribution in [0.1, 0.15) is 30.1 Å². The molecule has 104 valence electrons. The van der Waals surface area contributed by atoms with Crippen LogP contribution < -0.4 is 10.6 Å². The van der Waals surface area contributed by atoms with E-state index < -0.39 is 11.9 Å². The van der Waals surface area contributed by atoms with Crippen LogP contribution in [0.2, 0.25) is 0 Å². The van der Waals surface area contributed by atoms with Gasteiger partial charge in [-0.1, -0.05) is 25.1 Å². The molecule has 5 heteroatoms. The molecule has 0 radical (unpaired) electrons. The Kier molecular flexibility index (Phi) is 7.27. The van der Waals surface area contributed by atoms with Crippen molar-refractivity contribution in [2.75, 3.05) is 19.8 Å². The summed E-state index contributed by atoms with van der Waals surface area (Å²) in [7, 11) is 0. The maximum absolute atomic E-state index is 11.6. The third kappa shape index (κ3) is 6.57. The zero-order valence-electron chi connectivity index (χ0n) is 11.1. The van der Waals surface area contributed by atoms with E-state index in [9.17, 15) is 9.59 Å². The minimum atomic E-state index is -0.482. The number of nitrogens with one attached hydrogen (secondary N) is 2. The fourth-order valence-corrected chi connectivity index (χ4v) is 1.43. The molecule has 0 aromatic heterocycles.